The van der Waals surface area contributed by atoms with E-state index in [1.807, 2.05) is 0 Å². The molecule has 1 heterocycles. The van der Waals surface area contributed by atoms with Gasteiger partial charge in [-0.3, -0.25) is 10.1 Å². The average Bonchev–Trinajstić information content (AvgIpc) is 2.88. The quantitative estimate of drug-likeness (QED) is 0.739. The molecular formula is C11H20N2O. The normalized spacial score (nSPS) is 41.9. The van der Waals surface area contributed by atoms with E-state index >= 15 is 0 Å². The van der Waals surface area contributed by atoms with Crippen molar-refractivity contribution in [1.29, 1.82) is 0 Å². The summed E-state index contributed by atoms with van der Waals surface area (Å²) < 4.78 is 0. The summed E-state index contributed by atoms with van der Waals surface area (Å²) in [6.45, 7) is 6.37. The van der Waals surface area contributed by atoms with E-state index in [0.717, 1.165) is 12.3 Å². The smallest absolute Gasteiger partial charge is 0.241 e. The molecule has 2 fully saturated rings. The molecule has 0 radical (unpaired) electrons. The molecule has 0 aromatic carbocycles. The van der Waals surface area contributed by atoms with Gasteiger partial charge in [-0.2, -0.15) is 0 Å². The first kappa shape index (κ1) is 9.97. The number of carbonyl (C=O) groups excluding carboxylic acids is 1. The lowest BCUT2D eigenvalue weighted by molar-refractivity contribution is -0.130. The largest absolute Gasteiger partial charge is 0.323 e. The van der Waals surface area contributed by atoms with Crippen molar-refractivity contribution < 1.29 is 4.79 Å². The van der Waals surface area contributed by atoms with E-state index in [1.54, 1.807) is 0 Å². The summed E-state index contributed by atoms with van der Waals surface area (Å²) in [4.78, 5) is 14.0. The molecule has 0 bridgehead atoms. The van der Waals surface area contributed by atoms with Gasteiger partial charge in [-0.05, 0) is 25.7 Å². The molecule has 1 aliphatic heterocycles. The maximum absolute atomic E-state index is 12.0. The molecule has 0 aromatic heterocycles. The third-order valence-corrected chi connectivity index (χ3v) is 3.59. The van der Waals surface area contributed by atoms with Crippen LogP contribution in [-0.2, 0) is 4.79 Å². The molecule has 1 amide bonds. The van der Waals surface area contributed by atoms with Gasteiger partial charge in [-0.1, -0.05) is 20.3 Å². The van der Waals surface area contributed by atoms with Crippen LogP contribution in [0.2, 0.25) is 0 Å². The minimum Gasteiger partial charge on any atom is -0.323 e. The highest BCUT2D eigenvalue weighted by Gasteiger charge is 2.48. The minimum atomic E-state index is 0.0723. The molecule has 4 unspecified atom stereocenters. The molecule has 1 saturated carbocycles. The zero-order chi connectivity index (χ0) is 10.3. The summed E-state index contributed by atoms with van der Waals surface area (Å²) in [5.41, 5.74) is 0. The number of rotatable bonds is 3. The lowest BCUT2D eigenvalue weighted by Gasteiger charge is -2.21. The van der Waals surface area contributed by atoms with E-state index in [-0.39, 0.29) is 12.2 Å². The zero-order valence-corrected chi connectivity index (χ0v) is 9.29. The fraction of sp³-hybridized carbons (Fsp3) is 0.909. The van der Waals surface area contributed by atoms with Gasteiger partial charge in [0.1, 0.15) is 0 Å². The molecule has 1 saturated heterocycles. The van der Waals surface area contributed by atoms with Crippen LogP contribution >= 0.6 is 0 Å². The van der Waals surface area contributed by atoms with Gasteiger partial charge in [0.25, 0.3) is 0 Å². The van der Waals surface area contributed by atoms with Crippen molar-refractivity contribution in [2.24, 2.45) is 5.92 Å². The van der Waals surface area contributed by atoms with Crippen molar-refractivity contribution in [3.63, 3.8) is 0 Å². The van der Waals surface area contributed by atoms with Crippen LogP contribution in [0.4, 0.5) is 0 Å². The predicted molar refractivity (Wildman–Crippen MR) is 55.7 cm³/mol. The van der Waals surface area contributed by atoms with Gasteiger partial charge in [0.15, 0.2) is 0 Å². The van der Waals surface area contributed by atoms with Gasteiger partial charge in [0.05, 0.1) is 12.2 Å². The fourth-order valence-electron chi connectivity index (χ4n) is 2.57. The highest BCUT2D eigenvalue weighted by atomic mass is 16.2. The molecule has 14 heavy (non-hydrogen) atoms. The Morgan fingerprint density at radius 3 is 2.57 bits per heavy atom. The maximum atomic E-state index is 12.0. The van der Waals surface area contributed by atoms with E-state index in [9.17, 15) is 4.79 Å². The molecule has 0 aromatic rings. The van der Waals surface area contributed by atoms with Gasteiger partial charge in [-0.15, -0.1) is 0 Å². The Bertz CT molecular complexity index is 241. The van der Waals surface area contributed by atoms with E-state index in [0.29, 0.717) is 11.9 Å². The second-order valence-electron chi connectivity index (χ2n) is 4.52. The highest BCUT2D eigenvalue weighted by molar-refractivity contribution is 5.84. The molecule has 1 N–H and O–H groups in total. The Morgan fingerprint density at radius 1 is 1.43 bits per heavy atom. The van der Waals surface area contributed by atoms with Crippen molar-refractivity contribution in [3.8, 4) is 0 Å². The van der Waals surface area contributed by atoms with Crippen molar-refractivity contribution in [1.82, 2.24) is 10.2 Å². The summed E-state index contributed by atoms with van der Waals surface area (Å²) in [5, 5.41) is 3.35. The average molecular weight is 196 g/mol. The van der Waals surface area contributed by atoms with Gasteiger partial charge >= 0.3 is 0 Å². The second-order valence-corrected chi connectivity index (χ2v) is 4.52. The monoisotopic (exact) mass is 196 g/mol. The van der Waals surface area contributed by atoms with Gasteiger partial charge in [-0.25, -0.2) is 0 Å². The Kier molecular flexibility index (Phi) is 2.52. The number of hydrogen-bond donors (Lipinski definition) is 1. The minimum absolute atomic E-state index is 0.0723. The van der Waals surface area contributed by atoms with Gasteiger partial charge in [0, 0.05) is 6.04 Å². The van der Waals surface area contributed by atoms with E-state index in [4.69, 9.17) is 0 Å². The lowest BCUT2D eigenvalue weighted by Crippen LogP contribution is -2.37. The Hall–Kier alpha value is -0.570. The van der Waals surface area contributed by atoms with Crippen LogP contribution < -0.4 is 5.32 Å². The van der Waals surface area contributed by atoms with Crippen LogP contribution in [0.1, 0.15) is 40.0 Å². The molecule has 2 aliphatic rings. The highest BCUT2D eigenvalue weighted by Crippen LogP contribution is 2.40. The van der Waals surface area contributed by atoms with Crippen LogP contribution in [0.5, 0.6) is 0 Å². The van der Waals surface area contributed by atoms with Crippen LogP contribution in [-0.4, -0.2) is 29.1 Å². The third-order valence-electron chi connectivity index (χ3n) is 3.59. The van der Waals surface area contributed by atoms with E-state index < -0.39 is 0 Å². The zero-order valence-electron chi connectivity index (χ0n) is 9.29. The number of hydrogen-bond acceptors (Lipinski definition) is 2. The van der Waals surface area contributed by atoms with Crippen molar-refractivity contribution >= 4 is 5.91 Å². The number of nitrogens with zero attached hydrogens (tertiary/aromatic N) is 1. The Balaban J connectivity index is 2.02. The van der Waals surface area contributed by atoms with Gasteiger partial charge < -0.3 is 4.90 Å². The summed E-state index contributed by atoms with van der Waals surface area (Å²) in [7, 11) is 0. The predicted octanol–water partition coefficient (Wildman–Crippen LogP) is 1.34. The summed E-state index contributed by atoms with van der Waals surface area (Å²) in [6, 6.07) is 0.606. The summed E-state index contributed by atoms with van der Waals surface area (Å²) >= 11 is 0. The summed E-state index contributed by atoms with van der Waals surface area (Å²) in [5.74, 6) is 1.08. The molecule has 2 rings (SSSR count). The van der Waals surface area contributed by atoms with Gasteiger partial charge in [0.2, 0.25) is 5.91 Å². The van der Waals surface area contributed by atoms with E-state index in [2.05, 4.69) is 31.0 Å². The first-order chi connectivity index (χ1) is 6.69. The number of nitrogens with one attached hydrogen (secondary N) is 1. The first-order valence-corrected chi connectivity index (χ1v) is 5.77. The van der Waals surface area contributed by atoms with Crippen LogP contribution in [0.25, 0.3) is 0 Å². The number of amides is 1. The molecule has 0 spiro atoms. The van der Waals surface area contributed by atoms with Crippen LogP contribution in [0.15, 0.2) is 0 Å². The lowest BCUT2D eigenvalue weighted by atomic mass is 10.2. The molecule has 4 atom stereocenters. The fourth-order valence-corrected chi connectivity index (χ4v) is 2.57. The molecule has 3 nitrogen and oxygen atoms in total. The van der Waals surface area contributed by atoms with Crippen LogP contribution in [0.3, 0.4) is 0 Å². The number of carbonyl (C=O) groups is 1. The third kappa shape index (κ3) is 1.44. The molecular weight excluding hydrogens is 176 g/mol. The van der Waals surface area contributed by atoms with Crippen LogP contribution in [0, 0.1) is 5.92 Å². The summed E-state index contributed by atoms with van der Waals surface area (Å²) in [6.07, 6.45) is 3.57. The van der Waals surface area contributed by atoms with Crippen molar-refractivity contribution in [2.45, 2.75) is 58.3 Å². The topological polar surface area (TPSA) is 32.3 Å². The standard InChI is InChI=1S/C11H20N2O/c1-4-8-6-10(8)13-7(3)12-9(5-2)11(13)14/h7-10,12H,4-6H2,1-3H3. The Labute approximate surface area is 85.8 Å². The molecule has 80 valence electrons. The SMILES string of the molecule is CCC1NC(C)N(C2CC2CC)C1=O. The second kappa shape index (κ2) is 3.54. The van der Waals surface area contributed by atoms with Crippen molar-refractivity contribution in [3.05, 3.63) is 0 Å². The molecule has 1 aliphatic carbocycles. The van der Waals surface area contributed by atoms with Crippen molar-refractivity contribution in [2.75, 3.05) is 0 Å². The first-order valence-electron chi connectivity index (χ1n) is 5.77. The van der Waals surface area contributed by atoms with E-state index in [1.165, 1.54) is 12.8 Å². The Morgan fingerprint density at radius 2 is 2.14 bits per heavy atom. The maximum Gasteiger partial charge on any atom is 0.241 e. The molecule has 3 heteroatoms.